The van der Waals surface area contributed by atoms with Gasteiger partial charge in [0.15, 0.2) is 0 Å². The summed E-state index contributed by atoms with van der Waals surface area (Å²) in [4.78, 5) is 0. The molecule has 98 valence electrons. The van der Waals surface area contributed by atoms with E-state index in [9.17, 15) is 0 Å². The molecule has 0 saturated heterocycles. The second kappa shape index (κ2) is 6.72. The molecule has 2 rings (SSSR count). The fourth-order valence-corrected chi connectivity index (χ4v) is 2.68. The van der Waals surface area contributed by atoms with Crippen LogP contribution < -0.4 is 5.32 Å². The Bertz CT molecular complexity index is 388. The summed E-state index contributed by atoms with van der Waals surface area (Å²) in [6.45, 7) is 7.82. The molecule has 0 spiro atoms. The summed E-state index contributed by atoms with van der Waals surface area (Å²) in [5.41, 5.74) is 2.82. The van der Waals surface area contributed by atoms with Crippen LogP contribution in [-0.2, 0) is 11.2 Å². The van der Waals surface area contributed by atoms with E-state index >= 15 is 0 Å². The summed E-state index contributed by atoms with van der Waals surface area (Å²) >= 11 is 0. The van der Waals surface area contributed by atoms with Crippen LogP contribution in [-0.4, -0.2) is 19.2 Å². The zero-order valence-electron chi connectivity index (χ0n) is 11.2. The van der Waals surface area contributed by atoms with Crippen LogP contribution in [0.3, 0.4) is 0 Å². The molecular weight excluding hydrogens is 222 g/mol. The summed E-state index contributed by atoms with van der Waals surface area (Å²) in [7, 11) is 0. The van der Waals surface area contributed by atoms with E-state index in [1.165, 1.54) is 11.1 Å². The Labute approximate surface area is 110 Å². The summed E-state index contributed by atoms with van der Waals surface area (Å²) < 4.78 is 5.95. The van der Waals surface area contributed by atoms with Crippen molar-refractivity contribution in [2.75, 3.05) is 13.2 Å². The second-order valence-corrected chi connectivity index (χ2v) is 4.82. The number of ether oxygens (including phenoxy) is 1. The van der Waals surface area contributed by atoms with E-state index in [2.05, 4.69) is 43.1 Å². The Morgan fingerprint density at radius 3 is 3.11 bits per heavy atom. The SMILES string of the molecule is C=CCC(CC1OCCc2ccccc21)NCC. The van der Waals surface area contributed by atoms with E-state index in [-0.39, 0.29) is 6.10 Å². The van der Waals surface area contributed by atoms with E-state index in [1.807, 2.05) is 6.08 Å². The number of benzene rings is 1. The van der Waals surface area contributed by atoms with Crippen molar-refractivity contribution < 1.29 is 4.74 Å². The lowest BCUT2D eigenvalue weighted by atomic mass is 9.93. The first kappa shape index (κ1) is 13.3. The Morgan fingerprint density at radius 2 is 2.33 bits per heavy atom. The molecule has 1 heterocycles. The lowest BCUT2D eigenvalue weighted by Crippen LogP contribution is -2.32. The van der Waals surface area contributed by atoms with Gasteiger partial charge in [-0.1, -0.05) is 37.3 Å². The Hall–Kier alpha value is -1.12. The molecular formula is C16H23NO. The second-order valence-electron chi connectivity index (χ2n) is 4.82. The largest absolute Gasteiger partial charge is 0.373 e. The van der Waals surface area contributed by atoms with Crippen molar-refractivity contribution in [3.8, 4) is 0 Å². The zero-order chi connectivity index (χ0) is 12.8. The van der Waals surface area contributed by atoms with Crippen molar-refractivity contribution >= 4 is 0 Å². The van der Waals surface area contributed by atoms with E-state index < -0.39 is 0 Å². The quantitative estimate of drug-likeness (QED) is 0.777. The lowest BCUT2D eigenvalue weighted by molar-refractivity contribution is 0.0298. The van der Waals surface area contributed by atoms with Gasteiger partial charge in [0.25, 0.3) is 0 Å². The fraction of sp³-hybridized carbons (Fsp3) is 0.500. The van der Waals surface area contributed by atoms with Crippen molar-refractivity contribution in [1.82, 2.24) is 5.32 Å². The van der Waals surface area contributed by atoms with Gasteiger partial charge >= 0.3 is 0 Å². The molecule has 0 saturated carbocycles. The van der Waals surface area contributed by atoms with E-state index in [1.54, 1.807) is 0 Å². The van der Waals surface area contributed by atoms with Crippen LogP contribution in [0.4, 0.5) is 0 Å². The van der Waals surface area contributed by atoms with Crippen LogP contribution in [0.5, 0.6) is 0 Å². The highest BCUT2D eigenvalue weighted by atomic mass is 16.5. The molecule has 1 aromatic carbocycles. The maximum Gasteiger partial charge on any atom is 0.0842 e. The smallest absolute Gasteiger partial charge is 0.0842 e. The first-order chi connectivity index (χ1) is 8.85. The standard InChI is InChI=1S/C16H23NO/c1-3-7-14(17-4-2)12-16-15-9-6-5-8-13(15)10-11-18-16/h3,5-6,8-9,14,16-17H,1,4,7,10-12H2,2H3. The first-order valence-electron chi connectivity index (χ1n) is 6.88. The summed E-state index contributed by atoms with van der Waals surface area (Å²) in [6.07, 6.45) is 5.29. The molecule has 1 N–H and O–H groups in total. The molecule has 2 atom stereocenters. The molecule has 0 amide bonds. The highest BCUT2D eigenvalue weighted by Crippen LogP contribution is 2.30. The molecule has 2 unspecified atom stereocenters. The van der Waals surface area contributed by atoms with Crippen LogP contribution in [0.1, 0.15) is 37.0 Å². The average Bonchev–Trinajstić information content (AvgIpc) is 2.40. The van der Waals surface area contributed by atoms with Gasteiger partial charge in [0.1, 0.15) is 0 Å². The van der Waals surface area contributed by atoms with Gasteiger partial charge in [-0.2, -0.15) is 0 Å². The molecule has 0 aromatic heterocycles. The van der Waals surface area contributed by atoms with Gasteiger partial charge in [-0.05, 0) is 36.9 Å². The van der Waals surface area contributed by atoms with Gasteiger partial charge in [-0.25, -0.2) is 0 Å². The lowest BCUT2D eigenvalue weighted by Gasteiger charge is -2.29. The van der Waals surface area contributed by atoms with Crippen LogP contribution in [0.25, 0.3) is 0 Å². The van der Waals surface area contributed by atoms with Crippen LogP contribution in [0.2, 0.25) is 0 Å². The molecule has 0 fully saturated rings. The van der Waals surface area contributed by atoms with E-state index in [4.69, 9.17) is 4.74 Å². The van der Waals surface area contributed by atoms with Crippen LogP contribution >= 0.6 is 0 Å². The van der Waals surface area contributed by atoms with Gasteiger partial charge in [-0.15, -0.1) is 6.58 Å². The molecule has 0 bridgehead atoms. The average molecular weight is 245 g/mol. The number of hydrogen-bond acceptors (Lipinski definition) is 2. The Kier molecular flexibility index (Phi) is 4.97. The van der Waals surface area contributed by atoms with E-state index in [0.717, 1.165) is 32.4 Å². The molecule has 1 aliphatic rings. The fourth-order valence-electron chi connectivity index (χ4n) is 2.68. The predicted octanol–water partition coefficient (Wildman–Crippen LogP) is 3.24. The number of rotatable bonds is 6. The van der Waals surface area contributed by atoms with Crippen molar-refractivity contribution in [2.45, 2.75) is 38.3 Å². The maximum atomic E-state index is 5.95. The van der Waals surface area contributed by atoms with Crippen molar-refractivity contribution in [1.29, 1.82) is 0 Å². The summed E-state index contributed by atoms with van der Waals surface area (Å²) in [5, 5.41) is 3.51. The monoisotopic (exact) mass is 245 g/mol. The predicted molar refractivity (Wildman–Crippen MR) is 75.7 cm³/mol. The Morgan fingerprint density at radius 1 is 1.50 bits per heavy atom. The normalized spacial score (nSPS) is 20.2. The molecule has 1 aliphatic heterocycles. The third kappa shape index (κ3) is 3.21. The highest BCUT2D eigenvalue weighted by Gasteiger charge is 2.23. The zero-order valence-corrected chi connectivity index (χ0v) is 11.2. The van der Waals surface area contributed by atoms with Crippen molar-refractivity contribution in [2.24, 2.45) is 0 Å². The maximum absolute atomic E-state index is 5.95. The number of hydrogen-bond donors (Lipinski definition) is 1. The van der Waals surface area contributed by atoms with Gasteiger partial charge in [0, 0.05) is 6.04 Å². The third-order valence-electron chi connectivity index (χ3n) is 3.53. The summed E-state index contributed by atoms with van der Waals surface area (Å²) in [6, 6.07) is 9.11. The van der Waals surface area contributed by atoms with Crippen LogP contribution in [0, 0.1) is 0 Å². The molecule has 1 aromatic rings. The minimum atomic E-state index is 0.235. The van der Waals surface area contributed by atoms with Crippen molar-refractivity contribution in [3.63, 3.8) is 0 Å². The van der Waals surface area contributed by atoms with Gasteiger partial charge < -0.3 is 10.1 Å². The third-order valence-corrected chi connectivity index (χ3v) is 3.53. The molecule has 0 aliphatic carbocycles. The summed E-state index contributed by atoms with van der Waals surface area (Å²) in [5.74, 6) is 0. The van der Waals surface area contributed by atoms with Gasteiger partial charge in [0.05, 0.1) is 12.7 Å². The van der Waals surface area contributed by atoms with Gasteiger partial charge in [0.2, 0.25) is 0 Å². The Balaban J connectivity index is 2.07. The van der Waals surface area contributed by atoms with E-state index in [0.29, 0.717) is 6.04 Å². The number of nitrogens with one attached hydrogen (secondary N) is 1. The minimum Gasteiger partial charge on any atom is -0.373 e. The van der Waals surface area contributed by atoms with Crippen molar-refractivity contribution in [3.05, 3.63) is 48.0 Å². The molecule has 2 nitrogen and oxygen atoms in total. The molecule has 0 radical (unpaired) electrons. The molecule has 2 heteroatoms. The molecule has 18 heavy (non-hydrogen) atoms. The van der Waals surface area contributed by atoms with Gasteiger partial charge in [-0.3, -0.25) is 0 Å². The number of fused-ring (bicyclic) bond motifs is 1. The highest BCUT2D eigenvalue weighted by molar-refractivity contribution is 5.31. The minimum absolute atomic E-state index is 0.235. The topological polar surface area (TPSA) is 21.3 Å². The van der Waals surface area contributed by atoms with Crippen LogP contribution in [0.15, 0.2) is 36.9 Å². The first-order valence-corrected chi connectivity index (χ1v) is 6.88.